The molecule has 0 saturated carbocycles. The van der Waals surface area contributed by atoms with Crippen LogP contribution in [0.4, 0.5) is 5.69 Å². The van der Waals surface area contributed by atoms with Gasteiger partial charge in [0, 0.05) is 16.1 Å². The van der Waals surface area contributed by atoms with E-state index in [0.29, 0.717) is 28.4 Å². The van der Waals surface area contributed by atoms with E-state index in [-0.39, 0.29) is 12.2 Å². The maximum atomic E-state index is 13.5. The highest BCUT2D eigenvalue weighted by atomic mass is 35.5. The minimum Gasteiger partial charge on any atom is -0.375 e. The molecule has 0 fully saturated rings. The van der Waals surface area contributed by atoms with Gasteiger partial charge in [-0.25, -0.2) is 0 Å². The van der Waals surface area contributed by atoms with Crippen molar-refractivity contribution in [2.75, 3.05) is 4.90 Å². The number of halogens is 1. The van der Waals surface area contributed by atoms with Gasteiger partial charge in [-0.15, -0.1) is 0 Å². The van der Waals surface area contributed by atoms with Gasteiger partial charge in [-0.05, 0) is 55.7 Å². The van der Waals surface area contributed by atoms with Crippen molar-refractivity contribution in [3.8, 4) is 0 Å². The van der Waals surface area contributed by atoms with Crippen molar-refractivity contribution in [2.24, 2.45) is 0 Å². The summed E-state index contributed by atoms with van der Waals surface area (Å²) in [5.41, 5.74) is 3.20. The molecular formula is C26H24ClNO3. The van der Waals surface area contributed by atoms with Crippen LogP contribution in [0.3, 0.4) is 0 Å². The number of aryl methyl sites for hydroxylation is 3. The van der Waals surface area contributed by atoms with Crippen LogP contribution in [0.2, 0.25) is 5.02 Å². The van der Waals surface area contributed by atoms with Crippen molar-refractivity contribution in [2.45, 2.75) is 39.3 Å². The molecule has 4 rings (SSSR count). The lowest BCUT2D eigenvalue weighted by atomic mass is 9.85. The summed E-state index contributed by atoms with van der Waals surface area (Å²) in [6.07, 6.45) is -0.338. The van der Waals surface area contributed by atoms with Crippen LogP contribution in [0.25, 0.3) is 0 Å². The first-order chi connectivity index (χ1) is 14.7. The maximum absolute atomic E-state index is 13.5. The standard InChI is InChI=1S/C26H24ClNO3/c1-16-11-17(2)24(18(3)12-16)23(29)14-26(31)21-13-20(27)9-10-22(21)28(25(26)30)15-19-7-5-4-6-8-19/h4-13,31H,14-15H2,1-3H3/t26-/m0/s1. The van der Waals surface area contributed by atoms with Gasteiger partial charge in [-0.3, -0.25) is 9.59 Å². The van der Waals surface area contributed by atoms with Crippen LogP contribution in [-0.2, 0) is 16.9 Å². The molecule has 3 aromatic rings. The Kier molecular flexibility index (Phi) is 5.46. The Hall–Kier alpha value is -2.95. The first-order valence-corrected chi connectivity index (χ1v) is 10.6. The molecule has 0 radical (unpaired) electrons. The number of fused-ring (bicyclic) bond motifs is 1. The molecule has 1 N–H and O–H groups in total. The Labute approximate surface area is 187 Å². The van der Waals surface area contributed by atoms with E-state index in [1.165, 1.54) is 4.90 Å². The smallest absolute Gasteiger partial charge is 0.264 e. The van der Waals surface area contributed by atoms with Crippen LogP contribution in [0.1, 0.15) is 44.6 Å². The van der Waals surface area contributed by atoms with Gasteiger partial charge < -0.3 is 10.0 Å². The fraction of sp³-hybridized carbons (Fsp3) is 0.231. The van der Waals surface area contributed by atoms with E-state index in [9.17, 15) is 14.7 Å². The number of carbonyl (C=O) groups excluding carboxylic acids is 2. The molecule has 1 atom stereocenters. The molecule has 5 heteroatoms. The lowest BCUT2D eigenvalue weighted by molar-refractivity contribution is -0.136. The second-order valence-electron chi connectivity index (χ2n) is 8.27. The maximum Gasteiger partial charge on any atom is 0.264 e. The summed E-state index contributed by atoms with van der Waals surface area (Å²) in [6, 6.07) is 18.4. The molecule has 0 saturated heterocycles. The number of rotatable bonds is 5. The van der Waals surface area contributed by atoms with E-state index in [2.05, 4.69) is 0 Å². The molecule has 0 bridgehead atoms. The molecule has 0 unspecified atom stereocenters. The zero-order valence-corrected chi connectivity index (χ0v) is 18.5. The summed E-state index contributed by atoms with van der Waals surface area (Å²) in [5, 5.41) is 12.0. The number of Topliss-reactive ketones (excluding diaryl/α,β-unsaturated/α-hetero) is 1. The van der Waals surface area contributed by atoms with Crippen molar-refractivity contribution in [3.05, 3.63) is 99.1 Å². The first-order valence-electron chi connectivity index (χ1n) is 10.2. The third-order valence-corrected chi connectivity index (χ3v) is 6.08. The van der Waals surface area contributed by atoms with E-state index in [0.717, 1.165) is 22.3 Å². The first kappa shape index (κ1) is 21.3. The van der Waals surface area contributed by atoms with Crippen LogP contribution >= 0.6 is 11.6 Å². The third-order valence-electron chi connectivity index (χ3n) is 5.85. The Morgan fingerprint density at radius 1 is 1.00 bits per heavy atom. The van der Waals surface area contributed by atoms with Gasteiger partial charge >= 0.3 is 0 Å². The van der Waals surface area contributed by atoms with Gasteiger partial charge in [0.05, 0.1) is 18.7 Å². The monoisotopic (exact) mass is 433 g/mol. The normalized spacial score (nSPS) is 17.7. The minimum atomic E-state index is -1.96. The second kappa shape index (κ2) is 7.95. The Morgan fingerprint density at radius 2 is 1.65 bits per heavy atom. The van der Waals surface area contributed by atoms with Gasteiger partial charge in [0.15, 0.2) is 11.4 Å². The summed E-state index contributed by atoms with van der Waals surface area (Å²) in [6.45, 7) is 6.02. The van der Waals surface area contributed by atoms with Gasteiger partial charge in [0.25, 0.3) is 5.91 Å². The van der Waals surface area contributed by atoms with Crippen LogP contribution in [0.15, 0.2) is 60.7 Å². The molecule has 0 aliphatic carbocycles. The van der Waals surface area contributed by atoms with Crippen LogP contribution in [0, 0.1) is 20.8 Å². The highest BCUT2D eigenvalue weighted by Crippen LogP contribution is 2.45. The molecule has 1 heterocycles. The molecule has 158 valence electrons. The predicted molar refractivity (Wildman–Crippen MR) is 123 cm³/mol. The van der Waals surface area contributed by atoms with E-state index < -0.39 is 11.5 Å². The molecule has 0 aromatic heterocycles. The Balaban J connectivity index is 1.74. The highest BCUT2D eigenvalue weighted by Gasteiger charge is 2.51. The van der Waals surface area contributed by atoms with Crippen molar-refractivity contribution in [1.29, 1.82) is 0 Å². The average molecular weight is 434 g/mol. The number of nitrogens with zero attached hydrogens (tertiary/aromatic N) is 1. The van der Waals surface area contributed by atoms with Gasteiger partial charge in [-0.1, -0.05) is 59.6 Å². The summed E-state index contributed by atoms with van der Waals surface area (Å²) in [7, 11) is 0. The molecule has 1 amide bonds. The fourth-order valence-corrected chi connectivity index (χ4v) is 4.73. The lowest BCUT2D eigenvalue weighted by Crippen LogP contribution is -2.41. The zero-order valence-electron chi connectivity index (χ0n) is 17.8. The third kappa shape index (κ3) is 3.78. The summed E-state index contributed by atoms with van der Waals surface area (Å²) >= 11 is 6.20. The van der Waals surface area contributed by atoms with E-state index in [4.69, 9.17) is 11.6 Å². The molecule has 1 aliphatic rings. The number of hydrogen-bond donors (Lipinski definition) is 1. The van der Waals surface area contributed by atoms with Gasteiger partial charge in [0.1, 0.15) is 0 Å². The SMILES string of the molecule is Cc1cc(C)c(C(=O)C[C@@]2(O)C(=O)N(Cc3ccccc3)c3ccc(Cl)cc32)c(C)c1. The number of anilines is 1. The fourth-order valence-electron chi connectivity index (χ4n) is 4.56. The second-order valence-corrected chi connectivity index (χ2v) is 8.71. The average Bonchev–Trinajstić information content (AvgIpc) is 2.89. The van der Waals surface area contributed by atoms with E-state index >= 15 is 0 Å². The minimum absolute atomic E-state index is 0.265. The topological polar surface area (TPSA) is 57.6 Å². The molecule has 1 aliphatic heterocycles. The Morgan fingerprint density at radius 3 is 2.29 bits per heavy atom. The molecular weight excluding hydrogens is 410 g/mol. The number of benzene rings is 3. The van der Waals surface area contributed by atoms with Crippen LogP contribution < -0.4 is 4.90 Å². The number of carbonyl (C=O) groups is 2. The van der Waals surface area contributed by atoms with Crippen molar-refractivity contribution in [3.63, 3.8) is 0 Å². The van der Waals surface area contributed by atoms with Crippen molar-refractivity contribution < 1.29 is 14.7 Å². The van der Waals surface area contributed by atoms with Crippen molar-refractivity contribution >= 4 is 29.0 Å². The van der Waals surface area contributed by atoms with E-state index in [1.807, 2.05) is 63.2 Å². The molecule has 4 nitrogen and oxygen atoms in total. The number of hydrogen-bond acceptors (Lipinski definition) is 3. The molecule has 0 spiro atoms. The Bertz CT molecular complexity index is 1170. The van der Waals surface area contributed by atoms with Crippen LogP contribution in [-0.4, -0.2) is 16.8 Å². The predicted octanol–water partition coefficient (Wildman–Crippen LogP) is 5.27. The molecule has 31 heavy (non-hydrogen) atoms. The lowest BCUT2D eigenvalue weighted by Gasteiger charge is -2.23. The highest BCUT2D eigenvalue weighted by molar-refractivity contribution is 6.31. The van der Waals surface area contributed by atoms with Crippen molar-refractivity contribution in [1.82, 2.24) is 0 Å². The quantitative estimate of drug-likeness (QED) is 0.557. The summed E-state index contributed by atoms with van der Waals surface area (Å²) in [5.74, 6) is -0.775. The summed E-state index contributed by atoms with van der Waals surface area (Å²) in [4.78, 5) is 28.3. The molecule has 3 aromatic carbocycles. The number of aliphatic hydroxyl groups is 1. The van der Waals surface area contributed by atoms with Crippen LogP contribution in [0.5, 0.6) is 0 Å². The number of amides is 1. The largest absolute Gasteiger partial charge is 0.375 e. The van der Waals surface area contributed by atoms with E-state index in [1.54, 1.807) is 18.2 Å². The summed E-state index contributed by atoms with van der Waals surface area (Å²) < 4.78 is 0. The van der Waals surface area contributed by atoms with Gasteiger partial charge in [0.2, 0.25) is 0 Å². The van der Waals surface area contributed by atoms with Gasteiger partial charge in [-0.2, -0.15) is 0 Å². The zero-order chi connectivity index (χ0) is 22.3. The number of ketones is 1.